The summed E-state index contributed by atoms with van der Waals surface area (Å²) >= 11 is 5.96. The summed E-state index contributed by atoms with van der Waals surface area (Å²) in [5.74, 6) is 0.465. The van der Waals surface area contributed by atoms with Crippen LogP contribution in [0.25, 0.3) is 0 Å². The largest absolute Gasteiger partial charge is 0.334 e. The number of hydrogen-bond donors (Lipinski definition) is 3. The van der Waals surface area contributed by atoms with Gasteiger partial charge < -0.3 is 16.0 Å². The summed E-state index contributed by atoms with van der Waals surface area (Å²) in [4.78, 5) is 24.3. The molecule has 0 heterocycles. The highest BCUT2D eigenvalue weighted by molar-refractivity contribution is 6.30. The molecule has 2 aromatic rings. The predicted molar refractivity (Wildman–Crippen MR) is 112 cm³/mol. The first kappa shape index (κ1) is 20.2. The zero-order valence-corrected chi connectivity index (χ0v) is 16.9. The number of urea groups is 1. The van der Waals surface area contributed by atoms with Crippen molar-refractivity contribution in [2.24, 2.45) is 11.8 Å². The molecule has 1 aliphatic carbocycles. The van der Waals surface area contributed by atoms with Crippen molar-refractivity contribution in [1.82, 2.24) is 10.6 Å². The summed E-state index contributed by atoms with van der Waals surface area (Å²) in [7, 11) is 0. The molecule has 0 radical (unpaired) electrons. The van der Waals surface area contributed by atoms with E-state index in [2.05, 4.69) is 29.8 Å². The highest BCUT2D eigenvalue weighted by atomic mass is 35.5. The van der Waals surface area contributed by atoms with E-state index in [0.29, 0.717) is 11.6 Å². The van der Waals surface area contributed by atoms with Gasteiger partial charge >= 0.3 is 6.03 Å². The summed E-state index contributed by atoms with van der Waals surface area (Å²) in [6, 6.07) is 14.7. The zero-order valence-electron chi connectivity index (χ0n) is 16.2. The predicted octanol–water partition coefficient (Wildman–Crippen LogP) is 4.89. The van der Waals surface area contributed by atoms with Crippen molar-refractivity contribution in [3.05, 3.63) is 64.7 Å². The molecule has 3 amide bonds. The van der Waals surface area contributed by atoms with Gasteiger partial charge in [0, 0.05) is 23.2 Å². The lowest BCUT2D eigenvalue weighted by molar-refractivity contribution is -0.117. The molecule has 6 heteroatoms. The fourth-order valence-electron chi connectivity index (χ4n) is 3.03. The minimum atomic E-state index is -0.235. The van der Waals surface area contributed by atoms with Crippen LogP contribution in [0.4, 0.5) is 10.5 Å². The lowest BCUT2D eigenvalue weighted by atomic mass is 9.96. The van der Waals surface area contributed by atoms with Gasteiger partial charge in [0.1, 0.15) is 0 Å². The molecule has 5 nitrogen and oxygen atoms in total. The van der Waals surface area contributed by atoms with Gasteiger partial charge in [-0.15, -0.1) is 0 Å². The van der Waals surface area contributed by atoms with Gasteiger partial charge in [-0.3, -0.25) is 4.79 Å². The minimum absolute atomic E-state index is 0.0746. The molecule has 0 aliphatic heterocycles. The number of nitrogens with one attached hydrogen (secondary N) is 3. The SMILES string of the molecule is CC(C)[C@@H](NC(=O)NCc1cccc(NC(=O)C2CC2)c1)c1ccc(Cl)cc1. The van der Waals surface area contributed by atoms with Crippen LogP contribution >= 0.6 is 11.6 Å². The molecule has 3 rings (SSSR count). The molecular formula is C22H26ClN3O2. The second-order valence-corrected chi connectivity index (χ2v) is 8.00. The van der Waals surface area contributed by atoms with Crippen LogP contribution in [-0.4, -0.2) is 11.9 Å². The smallest absolute Gasteiger partial charge is 0.315 e. The van der Waals surface area contributed by atoms with Crippen LogP contribution < -0.4 is 16.0 Å². The van der Waals surface area contributed by atoms with E-state index in [1.807, 2.05) is 48.5 Å². The number of halogens is 1. The summed E-state index contributed by atoms with van der Waals surface area (Å²) in [5, 5.41) is 9.52. The quantitative estimate of drug-likeness (QED) is 0.620. The third-order valence-corrected chi connectivity index (χ3v) is 5.03. The summed E-state index contributed by atoms with van der Waals surface area (Å²) < 4.78 is 0. The van der Waals surface area contributed by atoms with Gasteiger partial charge in [0.15, 0.2) is 0 Å². The zero-order chi connectivity index (χ0) is 20.1. The van der Waals surface area contributed by atoms with Crippen LogP contribution in [-0.2, 0) is 11.3 Å². The highest BCUT2D eigenvalue weighted by Crippen LogP contribution is 2.30. The van der Waals surface area contributed by atoms with Crippen LogP contribution in [0, 0.1) is 11.8 Å². The van der Waals surface area contributed by atoms with E-state index in [-0.39, 0.29) is 29.8 Å². The van der Waals surface area contributed by atoms with Crippen molar-refractivity contribution in [2.45, 2.75) is 39.3 Å². The van der Waals surface area contributed by atoms with Crippen molar-refractivity contribution in [2.75, 3.05) is 5.32 Å². The number of hydrogen-bond acceptors (Lipinski definition) is 2. The third kappa shape index (κ3) is 5.73. The van der Waals surface area contributed by atoms with E-state index in [4.69, 9.17) is 11.6 Å². The van der Waals surface area contributed by atoms with Gasteiger partial charge in [0.2, 0.25) is 5.91 Å². The molecule has 0 saturated heterocycles. The maximum atomic E-state index is 12.4. The fourth-order valence-corrected chi connectivity index (χ4v) is 3.15. The van der Waals surface area contributed by atoms with Crippen LogP contribution in [0.2, 0.25) is 5.02 Å². The summed E-state index contributed by atoms with van der Waals surface area (Å²) in [5.41, 5.74) is 2.70. The van der Waals surface area contributed by atoms with Crippen LogP contribution in [0.15, 0.2) is 48.5 Å². The number of amides is 3. The van der Waals surface area contributed by atoms with Crippen molar-refractivity contribution in [3.8, 4) is 0 Å². The standard InChI is InChI=1S/C22H26ClN3O2/c1-14(2)20(16-8-10-18(23)11-9-16)26-22(28)24-13-15-4-3-5-19(12-15)25-21(27)17-6-7-17/h3-5,8-12,14,17,20H,6-7,13H2,1-2H3,(H,25,27)(H2,24,26,28)/t20-/m1/s1. The van der Waals surface area contributed by atoms with Crippen molar-refractivity contribution < 1.29 is 9.59 Å². The number of rotatable bonds is 7. The Bertz CT molecular complexity index is 832. The Morgan fingerprint density at radius 2 is 1.82 bits per heavy atom. The second-order valence-electron chi connectivity index (χ2n) is 7.56. The van der Waals surface area contributed by atoms with Crippen molar-refractivity contribution in [3.63, 3.8) is 0 Å². The van der Waals surface area contributed by atoms with Crippen molar-refractivity contribution in [1.29, 1.82) is 0 Å². The first-order valence-corrected chi connectivity index (χ1v) is 10.00. The Labute approximate surface area is 170 Å². The maximum absolute atomic E-state index is 12.4. The first-order chi connectivity index (χ1) is 13.4. The Balaban J connectivity index is 1.55. The molecule has 1 aliphatic rings. The van der Waals surface area contributed by atoms with E-state index in [9.17, 15) is 9.59 Å². The highest BCUT2D eigenvalue weighted by Gasteiger charge is 2.29. The molecule has 1 atom stereocenters. The molecule has 0 unspecified atom stereocenters. The molecule has 28 heavy (non-hydrogen) atoms. The van der Waals surface area contributed by atoms with E-state index in [1.165, 1.54) is 0 Å². The Hall–Kier alpha value is -2.53. The normalized spacial score (nSPS) is 14.4. The van der Waals surface area contributed by atoms with Gasteiger partial charge in [-0.1, -0.05) is 49.7 Å². The average Bonchev–Trinajstić information content (AvgIpc) is 3.51. The van der Waals surface area contributed by atoms with E-state index >= 15 is 0 Å². The molecule has 0 bridgehead atoms. The van der Waals surface area contributed by atoms with Gasteiger partial charge in [0.25, 0.3) is 0 Å². The number of carbonyl (C=O) groups is 2. The molecule has 0 aromatic heterocycles. The monoisotopic (exact) mass is 399 g/mol. The van der Waals surface area contributed by atoms with E-state index in [1.54, 1.807) is 0 Å². The van der Waals surface area contributed by atoms with Crippen molar-refractivity contribution >= 4 is 29.2 Å². The molecule has 1 fully saturated rings. The molecule has 148 valence electrons. The van der Waals surface area contributed by atoms with Crippen LogP contribution in [0.5, 0.6) is 0 Å². The van der Waals surface area contributed by atoms with Gasteiger partial charge in [-0.05, 0) is 54.2 Å². The van der Waals surface area contributed by atoms with Gasteiger partial charge in [-0.25, -0.2) is 4.79 Å². The van der Waals surface area contributed by atoms with E-state index < -0.39 is 0 Å². The first-order valence-electron chi connectivity index (χ1n) is 9.62. The number of anilines is 1. The summed E-state index contributed by atoms with van der Waals surface area (Å²) in [6.45, 7) is 4.50. The summed E-state index contributed by atoms with van der Waals surface area (Å²) in [6.07, 6.45) is 1.94. The van der Waals surface area contributed by atoms with Gasteiger partial charge in [-0.2, -0.15) is 0 Å². The van der Waals surface area contributed by atoms with E-state index in [0.717, 1.165) is 29.7 Å². The molecular weight excluding hydrogens is 374 g/mol. The molecule has 0 spiro atoms. The Morgan fingerprint density at radius 1 is 1.11 bits per heavy atom. The number of benzene rings is 2. The average molecular weight is 400 g/mol. The second kappa shape index (κ2) is 9.11. The molecule has 1 saturated carbocycles. The lowest BCUT2D eigenvalue weighted by Gasteiger charge is -2.23. The topological polar surface area (TPSA) is 70.2 Å². The Morgan fingerprint density at radius 3 is 2.46 bits per heavy atom. The fraction of sp³-hybridized carbons (Fsp3) is 0.364. The van der Waals surface area contributed by atoms with Crippen LogP contribution in [0.3, 0.4) is 0 Å². The molecule has 2 aromatic carbocycles. The Kier molecular flexibility index (Phi) is 6.57. The number of carbonyl (C=O) groups excluding carboxylic acids is 2. The van der Waals surface area contributed by atoms with Crippen LogP contribution in [0.1, 0.15) is 43.9 Å². The maximum Gasteiger partial charge on any atom is 0.315 e. The van der Waals surface area contributed by atoms with Gasteiger partial charge in [0.05, 0.1) is 6.04 Å². The third-order valence-electron chi connectivity index (χ3n) is 4.78. The minimum Gasteiger partial charge on any atom is -0.334 e. The lowest BCUT2D eigenvalue weighted by Crippen LogP contribution is -2.39. The molecule has 3 N–H and O–H groups in total.